The van der Waals surface area contributed by atoms with Gasteiger partial charge in [-0.3, -0.25) is 10.1 Å². The molecule has 4 rings (SSSR count). The van der Waals surface area contributed by atoms with E-state index < -0.39 is 17.8 Å². The maximum absolute atomic E-state index is 13.4. The van der Waals surface area contributed by atoms with Crippen molar-refractivity contribution in [3.63, 3.8) is 0 Å². The predicted molar refractivity (Wildman–Crippen MR) is 140 cm³/mol. The van der Waals surface area contributed by atoms with E-state index in [0.717, 1.165) is 48.1 Å². The zero-order valence-corrected chi connectivity index (χ0v) is 21.6. The minimum Gasteiger partial charge on any atom is -0.493 e. The van der Waals surface area contributed by atoms with Gasteiger partial charge in [0, 0.05) is 12.1 Å². The summed E-state index contributed by atoms with van der Waals surface area (Å²) in [5.74, 6) is 1.04. The van der Waals surface area contributed by atoms with Gasteiger partial charge in [-0.15, -0.1) is 0 Å². The average molecular weight is 527 g/mol. The Balaban J connectivity index is 1.62. The third-order valence-electron chi connectivity index (χ3n) is 7.03. The molecule has 1 aliphatic rings. The molecule has 0 spiro atoms. The number of ether oxygens (including phenoxy) is 2. The van der Waals surface area contributed by atoms with Crippen molar-refractivity contribution >= 4 is 5.91 Å². The van der Waals surface area contributed by atoms with Gasteiger partial charge < -0.3 is 14.8 Å². The van der Waals surface area contributed by atoms with Crippen LogP contribution in [-0.2, 0) is 17.4 Å². The Labute approximate surface area is 221 Å². The van der Waals surface area contributed by atoms with Crippen LogP contribution in [-0.4, -0.2) is 26.2 Å². The van der Waals surface area contributed by atoms with Crippen LogP contribution in [0.2, 0.25) is 0 Å². The Bertz CT molecular complexity index is 1200. The van der Waals surface area contributed by atoms with E-state index in [2.05, 4.69) is 10.6 Å². The van der Waals surface area contributed by atoms with Gasteiger partial charge in [0.25, 0.3) is 0 Å². The molecular weight excluding hydrogens is 493 g/mol. The number of benzene rings is 3. The van der Waals surface area contributed by atoms with Crippen LogP contribution >= 0.6 is 0 Å². The van der Waals surface area contributed by atoms with E-state index in [1.165, 1.54) is 12.1 Å². The zero-order valence-electron chi connectivity index (χ0n) is 21.6. The van der Waals surface area contributed by atoms with Gasteiger partial charge in [0.2, 0.25) is 5.91 Å². The van der Waals surface area contributed by atoms with E-state index in [1.54, 1.807) is 14.2 Å². The Kier molecular flexibility index (Phi) is 8.94. The third-order valence-corrected chi connectivity index (χ3v) is 7.03. The molecule has 0 saturated heterocycles. The van der Waals surface area contributed by atoms with Crippen molar-refractivity contribution in [2.75, 3.05) is 14.2 Å². The molecule has 1 saturated carbocycles. The average Bonchev–Trinajstić information content (AvgIpc) is 2.90. The Morgan fingerprint density at radius 2 is 1.61 bits per heavy atom. The predicted octanol–water partition coefficient (Wildman–Crippen LogP) is 6.40. The number of hydrogen-bond acceptors (Lipinski definition) is 4. The van der Waals surface area contributed by atoms with E-state index in [0.29, 0.717) is 24.3 Å². The molecule has 1 amide bonds. The molecule has 0 radical (unpaired) electrons. The van der Waals surface area contributed by atoms with Gasteiger partial charge >= 0.3 is 6.18 Å². The number of amides is 1. The maximum Gasteiger partial charge on any atom is 0.416 e. The van der Waals surface area contributed by atoms with Gasteiger partial charge in [-0.1, -0.05) is 48.5 Å². The molecule has 0 bridgehead atoms. The molecule has 2 atom stereocenters. The second-order valence-corrected chi connectivity index (χ2v) is 9.55. The largest absolute Gasteiger partial charge is 0.493 e. The number of methoxy groups -OCH3 is 2. The lowest BCUT2D eigenvalue weighted by Crippen LogP contribution is -2.46. The van der Waals surface area contributed by atoms with Gasteiger partial charge in [-0.2, -0.15) is 13.2 Å². The van der Waals surface area contributed by atoms with Crippen molar-refractivity contribution in [2.45, 2.75) is 56.4 Å². The number of aryl methyl sites for hydroxylation is 1. The lowest BCUT2D eigenvalue weighted by atomic mass is 9.92. The fraction of sp³-hybridized carbons (Fsp3) is 0.367. The lowest BCUT2D eigenvalue weighted by Gasteiger charge is -2.31. The van der Waals surface area contributed by atoms with Crippen molar-refractivity contribution in [2.24, 2.45) is 0 Å². The van der Waals surface area contributed by atoms with Crippen LogP contribution in [0.5, 0.6) is 11.5 Å². The molecule has 0 aliphatic heterocycles. The molecule has 38 heavy (non-hydrogen) atoms. The van der Waals surface area contributed by atoms with E-state index in [-0.39, 0.29) is 18.0 Å². The van der Waals surface area contributed by atoms with Crippen LogP contribution in [0.25, 0.3) is 0 Å². The lowest BCUT2D eigenvalue weighted by molar-refractivity contribution is -0.137. The van der Waals surface area contributed by atoms with E-state index >= 15 is 0 Å². The molecule has 1 unspecified atom stereocenters. The highest BCUT2D eigenvalue weighted by Crippen LogP contribution is 2.34. The molecule has 0 heterocycles. The van der Waals surface area contributed by atoms with Crippen molar-refractivity contribution in [3.8, 4) is 11.5 Å². The first-order chi connectivity index (χ1) is 18.3. The Morgan fingerprint density at radius 3 is 2.18 bits per heavy atom. The molecule has 1 fully saturated rings. The summed E-state index contributed by atoms with van der Waals surface area (Å²) in [6.45, 7) is 0. The molecule has 2 N–H and O–H groups in total. The SMILES string of the molecule is COc1ccc(C(CCc2ccc(C(F)(F)F)cc2)N[C@@H](C(=O)NC2CCC2)c2ccccc2)cc1OC. The number of carbonyl (C=O) groups is 1. The van der Waals surface area contributed by atoms with Crippen molar-refractivity contribution in [1.29, 1.82) is 0 Å². The highest BCUT2D eigenvalue weighted by Gasteiger charge is 2.31. The van der Waals surface area contributed by atoms with Crippen LogP contribution < -0.4 is 20.1 Å². The first kappa shape index (κ1) is 27.5. The van der Waals surface area contributed by atoms with Crippen LogP contribution in [0.4, 0.5) is 13.2 Å². The highest BCUT2D eigenvalue weighted by molar-refractivity contribution is 5.83. The van der Waals surface area contributed by atoms with Gasteiger partial charge in [-0.05, 0) is 73.1 Å². The van der Waals surface area contributed by atoms with Crippen molar-refractivity contribution < 1.29 is 27.4 Å². The normalized spacial score (nSPS) is 15.3. The number of alkyl halides is 3. The third kappa shape index (κ3) is 6.86. The van der Waals surface area contributed by atoms with Crippen LogP contribution in [0.15, 0.2) is 72.8 Å². The summed E-state index contributed by atoms with van der Waals surface area (Å²) in [6, 6.07) is 19.6. The minimum absolute atomic E-state index is 0.0964. The summed E-state index contributed by atoms with van der Waals surface area (Å²) in [5, 5.41) is 6.70. The number of carbonyl (C=O) groups excluding carboxylic acids is 1. The maximum atomic E-state index is 13.4. The molecule has 0 aromatic heterocycles. The molecule has 1 aliphatic carbocycles. The van der Waals surface area contributed by atoms with Crippen LogP contribution in [0.3, 0.4) is 0 Å². The number of nitrogens with one attached hydrogen (secondary N) is 2. The van der Waals surface area contributed by atoms with Crippen LogP contribution in [0, 0.1) is 0 Å². The Morgan fingerprint density at radius 1 is 0.921 bits per heavy atom. The molecule has 3 aromatic carbocycles. The first-order valence-corrected chi connectivity index (χ1v) is 12.8. The van der Waals surface area contributed by atoms with Gasteiger partial charge in [0.1, 0.15) is 6.04 Å². The monoisotopic (exact) mass is 526 g/mol. The summed E-state index contributed by atoms with van der Waals surface area (Å²) >= 11 is 0. The summed E-state index contributed by atoms with van der Waals surface area (Å²) in [7, 11) is 3.12. The Hall–Kier alpha value is -3.52. The quantitative estimate of drug-likeness (QED) is 0.304. The first-order valence-electron chi connectivity index (χ1n) is 12.8. The number of rotatable bonds is 11. The number of hydrogen-bond donors (Lipinski definition) is 2. The van der Waals surface area contributed by atoms with E-state index in [9.17, 15) is 18.0 Å². The van der Waals surface area contributed by atoms with Gasteiger partial charge in [0.15, 0.2) is 11.5 Å². The molecular formula is C30H33F3N2O3. The van der Waals surface area contributed by atoms with E-state index in [4.69, 9.17) is 9.47 Å². The smallest absolute Gasteiger partial charge is 0.416 e. The summed E-state index contributed by atoms with van der Waals surface area (Å²) in [5.41, 5.74) is 1.82. The molecule has 202 valence electrons. The number of halogens is 3. The summed E-state index contributed by atoms with van der Waals surface area (Å²) in [6.07, 6.45) is -0.272. The second kappa shape index (κ2) is 12.3. The molecule has 5 nitrogen and oxygen atoms in total. The fourth-order valence-electron chi connectivity index (χ4n) is 4.59. The highest BCUT2D eigenvalue weighted by atomic mass is 19.4. The summed E-state index contributed by atoms with van der Waals surface area (Å²) < 4.78 is 50.0. The van der Waals surface area contributed by atoms with Crippen molar-refractivity contribution in [1.82, 2.24) is 10.6 Å². The zero-order chi connectivity index (χ0) is 27.1. The van der Waals surface area contributed by atoms with Crippen molar-refractivity contribution in [3.05, 3.63) is 95.1 Å². The standard InChI is InChI=1S/C30H33F3N2O3/c1-37-26-18-14-22(19-27(26)38-2)25(17-13-20-11-15-23(16-12-20)30(31,32)33)35-28(21-7-4-3-5-8-21)29(36)34-24-9-6-10-24/h3-5,7-8,11-12,14-16,18-19,24-25,28,35H,6,9-10,13,17H2,1-2H3,(H,34,36)/t25?,28-/m1/s1. The molecule has 8 heteroatoms. The summed E-state index contributed by atoms with van der Waals surface area (Å²) in [4.78, 5) is 13.4. The van der Waals surface area contributed by atoms with Crippen LogP contribution in [0.1, 0.15) is 60.0 Å². The van der Waals surface area contributed by atoms with Gasteiger partial charge in [0.05, 0.1) is 19.8 Å². The topological polar surface area (TPSA) is 59.6 Å². The van der Waals surface area contributed by atoms with Gasteiger partial charge in [-0.25, -0.2) is 0 Å². The molecule has 3 aromatic rings. The fourth-order valence-corrected chi connectivity index (χ4v) is 4.59. The van der Waals surface area contributed by atoms with E-state index in [1.807, 2.05) is 48.5 Å². The minimum atomic E-state index is -4.38. The second-order valence-electron chi connectivity index (χ2n) is 9.55.